The van der Waals surface area contributed by atoms with Crippen LogP contribution in [0.4, 0.5) is 0 Å². The van der Waals surface area contributed by atoms with Crippen molar-refractivity contribution >= 4 is 11.8 Å². The van der Waals surface area contributed by atoms with Crippen LogP contribution in [0.1, 0.15) is 80.1 Å². The van der Waals surface area contributed by atoms with Gasteiger partial charge in [-0.15, -0.1) is 0 Å². The fourth-order valence-corrected chi connectivity index (χ4v) is 2.70. The first kappa shape index (κ1) is 27.9. The Morgan fingerprint density at radius 3 is 2.26 bits per heavy atom. The maximum atomic E-state index is 12.0. The average molecular weight is 384 g/mol. The molecule has 0 heterocycles. The van der Waals surface area contributed by atoms with E-state index >= 15 is 0 Å². The molecule has 2 amide bonds. The van der Waals surface area contributed by atoms with Crippen molar-refractivity contribution in [2.75, 3.05) is 26.7 Å². The third-order valence-corrected chi connectivity index (χ3v) is 4.70. The van der Waals surface area contributed by atoms with Crippen LogP contribution in [0.3, 0.4) is 0 Å². The molecule has 0 aromatic heterocycles. The third kappa shape index (κ3) is 16.5. The SMILES string of the molecule is C=C(CC)CC(CCC)CCNC(=O)CNC(C)CCN(C)C(C)=O.CC. The molecule has 0 aliphatic heterocycles. The topological polar surface area (TPSA) is 61.4 Å². The Morgan fingerprint density at radius 2 is 1.74 bits per heavy atom. The highest BCUT2D eigenvalue weighted by Gasteiger charge is 2.11. The lowest BCUT2D eigenvalue weighted by atomic mass is 9.91. The van der Waals surface area contributed by atoms with Crippen molar-refractivity contribution in [2.45, 2.75) is 86.1 Å². The molecule has 2 atom stereocenters. The third-order valence-electron chi connectivity index (χ3n) is 4.70. The molecule has 0 fully saturated rings. The van der Waals surface area contributed by atoms with Crippen molar-refractivity contribution in [3.63, 3.8) is 0 Å². The smallest absolute Gasteiger partial charge is 0.233 e. The van der Waals surface area contributed by atoms with E-state index in [0.717, 1.165) is 32.2 Å². The van der Waals surface area contributed by atoms with Crippen molar-refractivity contribution in [1.82, 2.24) is 15.5 Å². The summed E-state index contributed by atoms with van der Waals surface area (Å²) in [6.07, 6.45) is 6.31. The number of allylic oxidation sites excluding steroid dienone is 1. The Hall–Kier alpha value is -1.36. The van der Waals surface area contributed by atoms with Crippen molar-refractivity contribution in [2.24, 2.45) is 5.92 Å². The monoisotopic (exact) mass is 383 g/mol. The maximum absolute atomic E-state index is 12.0. The number of hydrogen-bond donors (Lipinski definition) is 2. The lowest BCUT2D eigenvalue weighted by Gasteiger charge is -2.19. The maximum Gasteiger partial charge on any atom is 0.233 e. The molecular weight excluding hydrogens is 338 g/mol. The second-order valence-electron chi connectivity index (χ2n) is 7.11. The Labute approximate surface area is 168 Å². The first-order chi connectivity index (χ1) is 12.8. The van der Waals surface area contributed by atoms with Crippen LogP contribution in [0.25, 0.3) is 0 Å². The second-order valence-corrected chi connectivity index (χ2v) is 7.11. The van der Waals surface area contributed by atoms with E-state index in [-0.39, 0.29) is 17.9 Å². The van der Waals surface area contributed by atoms with E-state index in [1.807, 2.05) is 20.8 Å². The van der Waals surface area contributed by atoms with E-state index < -0.39 is 0 Å². The number of hydrogen-bond acceptors (Lipinski definition) is 3. The van der Waals surface area contributed by atoms with Crippen molar-refractivity contribution < 1.29 is 9.59 Å². The van der Waals surface area contributed by atoms with Gasteiger partial charge in [0.05, 0.1) is 6.54 Å². The van der Waals surface area contributed by atoms with Gasteiger partial charge in [0.1, 0.15) is 0 Å². The van der Waals surface area contributed by atoms with Crippen LogP contribution in [0.15, 0.2) is 12.2 Å². The summed E-state index contributed by atoms with van der Waals surface area (Å²) in [7, 11) is 1.79. The summed E-state index contributed by atoms with van der Waals surface area (Å²) < 4.78 is 0. The van der Waals surface area contributed by atoms with E-state index in [1.165, 1.54) is 18.4 Å². The summed E-state index contributed by atoms with van der Waals surface area (Å²) in [6, 6.07) is 0.202. The molecule has 0 aromatic rings. The van der Waals surface area contributed by atoms with Crippen LogP contribution in [0, 0.1) is 5.92 Å². The minimum atomic E-state index is 0.0383. The van der Waals surface area contributed by atoms with Crippen LogP contribution >= 0.6 is 0 Å². The van der Waals surface area contributed by atoms with E-state index in [1.54, 1.807) is 18.9 Å². The Balaban J connectivity index is 0. The minimum absolute atomic E-state index is 0.0383. The fraction of sp³-hybridized carbons (Fsp3) is 0.818. The van der Waals surface area contributed by atoms with E-state index in [4.69, 9.17) is 0 Å². The molecule has 0 aliphatic rings. The van der Waals surface area contributed by atoms with Crippen molar-refractivity contribution in [3.8, 4) is 0 Å². The van der Waals surface area contributed by atoms with Gasteiger partial charge in [0, 0.05) is 33.1 Å². The number of nitrogens with one attached hydrogen (secondary N) is 2. The minimum Gasteiger partial charge on any atom is -0.355 e. The zero-order valence-corrected chi connectivity index (χ0v) is 19.0. The van der Waals surface area contributed by atoms with Crippen LogP contribution in [0.5, 0.6) is 0 Å². The first-order valence-electron chi connectivity index (χ1n) is 10.7. The normalized spacial score (nSPS) is 12.4. The largest absolute Gasteiger partial charge is 0.355 e. The highest BCUT2D eigenvalue weighted by Crippen LogP contribution is 2.20. The predicted molar refractivity (Wildman–Crippen MR) is 117 cm³/mol. The number of nitrogens with zero attached hydrogens (tertiary/aromatic N) is 1. The molecule has 2 unspecified atom stereocenters. The van der Waals surface area contributed by atoms with Gasteiger partial charge in [-0.25, -0.2) is 0 Å². The van der Waals surface area contributed by atoms with E-state index in [2.05, 4.69) is 31.1 Å². The first-order valence-corrected chi connectivity index (χ1v) is 10.7. The molecule has 5 nitrogen and oxygen atoms in total. The van der Waals surface area contributed by atoms with Crippen LogP contribution in [0.2, 0.25) is 0 Å². The van der Waals surface area contributed by atoms with Gasteiger partial charge in [0.15, 0.2) is 0 Å². The standard InChI is InChI=1S/C20H39N3O2.C2H6/c1-7-9-19(14-16(3)8-2)10-12-21-20(25)15-22-17(4)11-13-23(6)18(5)24;1-2/h17,19,22H,3,7-15H2,1-2,4-6H3,(H,21,25);1-2H3. The van der Waals surface area contributed by atoms with Crippen LogP contribution in [-0.2, 0) is 9.59 Å². The average Bonchev–Trinajstić information content (AvgIpc) is 2.65. The molecular formula is C22H45N3O2. The number of amides is 2. The lowest BCUT2D eigenvalue weighted by molar-refractivity contribution is -0.127. The van der Waals surface area contributed by atoms with E-state index in [0.29, 0.717) is 19.0 Å². The molecule has 5 heteroatoms. The quantitative estimate of drug-likeness (QED) is 0.443. The van der Waals surface area contributed by atoms with Crippen LogP contribution in [-0.4, -0.2) is 49.4 Å². The van der Waals surface area contributed by atoms with Gasteiger partial charge in [0.25, 0.3) is 0 Å². The van der Waals surface area contributed by atoms with Gasteiger partial charge in [0.2, 0.25) is 11.8 Å². The summed E-state index contributed by atoms with van der Waals surface area (Å²) in [5.41, 5.74) is 1.30. The van der Waals surface area contributed by atoms with Crippen molar-refractivity contribution in [3.05, 3.63) is 12.2 Å². The number of carbonyl (C=O) groups is 2. The summed E-state index contributed by atoms with van der Waals surface area (Å²) >= 11 is 0. The van der Waals surface area contributed by atoms with Crippen molar-refractivity contribution in [1.29, 1.82) is 0 Å². The number of rotatable bonds is 14. The Kier molecular flexibility index (Phi) is 18.6. The summed E-state index contributed by atoms with van der Waals surface area (Å²) in [4.78, 5) is 24.8. The summed E-state index contributed by atoms with van der Waals surface area (Å²) in [5, 5.41) is 6.22. The van der Waals surface area contributed by atoms with E-state index in [9.17, 15) is 9.59 Å². The van der Waals surface area contributed by atoms with Gasteiger partial charge in [-0.1, -0.05) is 52.7 Å². The highest BCUT2D eigenvalue weighted by molar-refractivity contribution is 5.78. The van der Waals surface area contributed by atoms with Gasteiger partial charge in [-0.2, -0.15) is 0 Å². The van der Waals surface area contributed by atoms with Crippen LogP contribution < -0.4 is 10.6 Å². The van der Waals surface area contributed by atoms with Gasteiger partial charge in [-0.3, -0.25) is 9.59 Å². The fourth-order valence-electron chi connectivity index (χ4n) is 2.70. The van der Waals surface area contributed by atoms with Gasteiger partial charge in [-0.05, 0) is 38.5 Å². The van der Waals surface area contributed by atoms with Gasteiger partial charge < -0.3 is 15.5 Å². The molecule has 2 N–H and O–H groups in total. The molecule has 0 aliphatic carbocycles. The summed E-state index contributed by atoms with van der Waals surface area (Å²) in [6.45, 7) is 17.8. The highest BCUT2D eigenvalue weighted by atomic mass is 16.2. The Morgan fingerprint density at radius 1 is 1.11 bits per heavy atom. The molecule has 0 saturated heterocycles. The molecule has 0 bridgehead atoms. The zero-order valence-electron chi connectivity index (χ0n) is 19.0. The molecule has 0 rings (SSSR count). The second kappa shape index (κ2) is 18.0. The Bertz CT molecular complexity index is 410. The molecule has 160 valence electrons. The molecule has 0 radical (unpaired) electrons. The lowest BCUT2D eigenvalue weighted by Crippen LogP contribution is -2.40. The summed E-state index contributed by atoms with van der Waals surface area (Å²) in [5.74, 6) is 0.723. The molecule has 0 spiro atoms. The zero-order chi connectivity index (χ0) is 21.2. The predicted octanol–water partition coefficient (Wildman–Crippen LogP) is 4.14. The molecule has 0 aromatic carbocycles. The van der Waals surface area contributed by atoms with Gasteiger partial charge >= 0.3 is 0 Å². The molecule has 0 saturated carbocycles. The number of carbonyl (C=O) groups excluding carboxylic acids is 2. The molecule has 27 heavy (non-hydrogen) atoms.